The van der Waals surface area contributed by atoms with E-state index in [9.17, 15) is 9.90 Å². The summed E-state index contributed by atoms with van der Waals surface area (Å²) in [6, 6.07) is 0. The van der Waals surface area contributed by atoms with E-state index in [1.54, 1.807) is 5.57 Å². The SMILES string of the molecule is COC(=O)CCCNC[C@@H](C)[C@H]1CC[C@H]2[C@@H]3CC=C4C[C@@H](O)CC[C@]4(C)[C@H]3CC[C@]12C. The van der Waals surface area contributed by atoms with E-state index in [-0.39, 0.29) is 12.1 Å². The number of hydrogen-bond donors (Lipinski definition) is 2. The summed E-state index contributed by atoms with van der Waals surface area (Å²) < 4.78 is 4.74. The Balaban J connectivity index is 1.37. The van der Waals surface area contributed by atoms with Crippen molar-refractivity contribution >= 4 is 5.97 Å². The first-order valence-electron chi connectivity index (χ1n) is 12.9. The van der Waals surface area contributed by atoms with Gasteiger partial charge in [0.05, 0.1) is 13.2 Å². The minimum Gasteiger partial charge on any atom is -0.469 e. The van der Waals surface area contributed by atoms with Crippen LogP contribution >= 0.6 is 0 Å². The number of aliphatic hydroxyl groups is 1. The van der Waals surface area contributed by atoms with Gasteiger partial charge >= 0.3 is 5.97 Å². The van der Waals surface area contributed by atoms with Gasteiger partial charge in [-0.3, -0.25) is 4.79 Å². The first kappa shape index (κ1) is 23.3. The van der Waals surface area contributed by atoms with Crippen molar-refractivity contribution in [1.82, 2.24) is 5.32 Å². The van der Waals surface area contributed by atoms with Crippen molar-refractivity contribution in [3.63, 3.8) is 0 Å². The van der Waals surface area contributed by atoms with Crippen LogP contribution in [0.25, 0.3) is 0 Å². The zero-order valence-electron chi connectivity index (χ0n) is 20.3. The highest BCUT2D eigenvalue weighted by atomic mass is 16.5. The van der Waals surface area contributed by atoms with E-state index in [0.717, 1.165) is 56.0 Å². The van der Waals surface area contributed by atoms with Gasteiger partial charge in [0.1, 0.15) is 0 Å². The molecule has 0 spiro atoms. The van der Waals surface area contributed by atoms with Crippen molar-refractivity contribution in [3.05, 3.63) is 11.6 Å². The molecular formula is C27H45NO3. The number of allylic oxidation sites excluding steroid dienone is 1. The molecule has 0 aliphatic heterocycles. The van der Waals surface area contributed by atoms with Gasteiger partial charge < -0.3 is 15.2 Å². The van der Waals surface area contributed by atoms with E-state index >= 15 is 0 Å². The Morgan fingerprint density at radius 1 is 1.23 bits per heavy atom. The van der Waals surface area contributed by atoms with Crippen molar-refractivity contribution in [2.24, 2.45) is 40.4 Å². The number of aliphatic hydroxyl groups excluding tert-OH is 1. The topological polar surface area (TPSA) is 58.6 Å². The first-order chi connectivity index (χ1) is 14.8. The van der Waals surface area contributed by atoms with E-state index in [0.29, 0.717) is 23.2 Å². The fraction of sp³-hybridized carbons (Fsp3) is 0.889. The Hall–Kier alpha value is -0.870. The third-order valence-corrected chi connectivity index (χ3v) is 10.3. The molecule has 2 N–H and O–H groups in total. The van der Waals surface area contributed by atoms with Gasteiger partial charge in [0.2, 0.25) is 0 Å². The molecule has 31 heavy (non-hydrogen) atoms. The summed E-state index contributed by atoms with van der Waals surface area (Å²) in [5.41, 5.74) is 2.40. The molecule has 176 valence electrons. The predicted octanol–water partition coefficient (Wildman–Crippen LogP) is 5.11. The van der Waals surface area contributed by atoms with Gasteiger partial charge in [-0.25, -0.2) is 0 Å². The minimum atomic E-state index is -0.110. The molecule has 0 radical (unpaired) electrons. The molecule has 3 saturated carbocycles. The molecule has 4 aliphatic carbocycles. The molecule has 0 saturated heterocycles. The summed E-state index contributed by atoms with van der Waals surface area (Å²) >= 11 is 0. The number of ether oxygens (including phenoxy) is 1. The molecule has 4 rings (SSSR count). The molecule has 0 amide bonds. The monoisotopic (exact) mass is 431 g/mol. The minimum absolute atomic E-state index is 0.108. The van der Waals surface area contributed by atoms with Gasteiger partial charge in [-0.15, -0.1) is 0 Å². The highest BCUT2D eigenvalue weighted by molar-refractivity contribution is 5.69. The summed E-state index contributed by atoms with van der Waals surface area (Å²) in [5.74, 6) is 3.90. The summed E-state index contributed by atoms with van der Waals surface area (Å²) in [4.78, 5) is 11.3. The van der Waals surface area contributed by atoms with Crippen molar-refractivity contribution in [3.8, 4) is 0 Å². The van der Waals surface area contributed by atoms with Crippen molar-refractivity contribution < 1.29 is 14.6 Å². The molecule has 0 aromatic rings. The number of nitrogens with one attached hydrogen (secondary N) is 1. The highest BCUT2D eigenvalue weighted by Crippen LogP contribution is 2.67. The zero-order valence-corrected chi connectivity index (χ0v) is 20.3. The quantitative estimate of drug-likeness (QED) is 0.334. The number of methoxy groups -OCH3 is 1. The van der Waals surface area contributed by atoms with Gasteiger partial charge in [0, 0.05) is 6.42 Å². The first-order valence-corrected chi connectivity index (χ1v) is 12.9. The molecular weight excluding hydrogens is 386 g/mol. The van der Waals surface area contributed by atoms with Crippen LogP contribution in [-0.4, -0.2) is 37.4 Å². The summed E-state index contributed by atoms with van der Waals surface area (Å²) in [6.45, 7) is 9.54. The Morgan fingerprint density at radius 3 is 2.81 bits per heavy atom. The van der Waals surface area contributed by atoms with E-state index in [4.69, 9.17) is 4.74 Å². The Morgan fingerprint density at radius 2 is 2.03 bits per heavy atom. The van der Waals surface area contributed by atoms with Crippen LogP contribution in [0, 0.1) is 40.4 Å². The molecule has 4 aliphatic rings. The standard InChI is InChI=1S/C27H45NO3/c1-18(17-28-15-5-6-25(30)31-4)22-9-10-23-21-8-7-19-16-20(29)11-13-26(19,2)24(21)12-14-27(22,23)3/h7,18,20-24,28-29H,5-6,8-17H2,1-4H3/t18-,20+,21+,22-,23+,24+,26+,27-/m1/s1. The van der Waals surface area contributed by atoms with Gasteiger partial charge in [-0.1, -0.05) is 32.4 Å². The molecule has 8 atom stereocenters. The third-order valence-electron chi connectivity index (χ3n) is 10.3. The van der Waals surface area contributed by atoms with Gasteiger partial charge in [0.15, 0.2) is 0 Å². The van der Waals surface area contributed by atoms with E-state index in [2.05, 4.69) is 32.2 Å². The Kier molecular flexibility index (Phi) is 6.89. The molecule has 0 heterocycles. The van der Waals surface area contributed by atoms with E-state index < -0.39 is 0 Å². The van der Waals surface area contributed by atoms with E-state index in [1.165, 1.54) is 45.6 Å². The molecule has 4 nitrogen and oxygen atoms in total. The largest absolute Gasteiger partial charge is 0.469 e. The molecule has 0 aromatic carbocycles. The maximum atomic E-state index is 11.3. The smallest absolute Gasteiger partial charge is 0.305 e. The zero-order chi connectivity index (χ0) is 22.2. The second kappa shape index (κ2) is 9.17. The number of rotatable bonds is 7. The second-order valence-electron chi connectivity index (χ2n) is 11.7. The van der Waals surface area contributed by atoms with Gasteiger partial charge in [-0.05, 0) is 111 Å². The summed E-state index contributed by atoms with van der Waals surface area (Å²) in [5, 5.41) is 13.8. The highest BCUT2D eigenvalue weighted by Gasteiger charge is 2.59. The van der Waals surface area contributed by atoms with Crippen LogP contribution in [0.4, 0.5) is 0 Å². The number of hydrogen-bond acceptors (Lipinski definition) is 4. The van der Waals surface area contributed by atoms with Crippen LogP contribution in [0.1, 0.15) is 85.0 Å². The van der Waals surface area contributed by atoms with Crippen LogP contribution in [0.3, 0.4) is 0 Å². The molecule has 0 aromatic heterocycles. The molecule has 3 fully saturated rings. The fourth-order valence-corrected chi connectivity index (χ4v) is 8.55. The van der Waals surface area contributed by atoms with Crippen LogP contribution in [-0.2, 0) is 9.53 Å². The lowest BCUT2D eigenvalue weighted by Crippen LogP contribution is -2.51. The van der Waals surface area contributed by atoms with Gasteiger partial charge in [0.25, 0.3) is 0 Å². The third kappa shape index (κ3) is 4.24. The lowest BCUT2D eigenvalue weighted by molar-refractivity contribution is -0.140. The lowest BCUT2D eigenvalue weighted by Gasteiger charge is -2.58. The maximum Gasteiger partial charge on any atom is 0.305 e. The molecule has 0 unspecified atom stereocenters. The van der Waals surface area contributed by atoms with Gasteiger partial charge in [-0.2, -0.15) is 0 Å². The summed E-state index contributed by atoms with van der Waals surface area (Å²) in [6.07, 6.45) is 13.7. The van der Waals surface area contributed by atoms with Crippen molar-refractivity contribution in [2.75, 3.05) is 20.2 Å². The van der Waals surface area contributed by atoms with Crippen LogP contribution in [0.5, 0.6) is 0 Å². The van der Waals surface area contributed by atoms with E-state index in [1.807, 2.05) is 0 Å². The lowest BCUT2D eigenvalue weighted by atomic mass is 9.47. The summed E-state index contributed by atoms with van der Waals surface area (Å²) in [7, 11) is 1.46. The molecule has 4 heteroatoms. The predicted molar refractivity (Wildman–Crippen MR) is 124 cm³/mol. The number of esters is 1. The Labute approximate surface area is 189 Å². The average Bonchev–Trinajstić information content (AvgIpc) is 3.11. The average molecular weight is 432 g/mol. The van der Waals surface area contributed by atoms with Crippen molar-refractivity contribution in [1.29, 1.82) is 0 Å². The second-order valence-corrected chi connectivity index (χ2v) is 11.7. The normalized spacial score (nSPS) is 42.7. The van der Waals surface area contributed by atoms with Crippen LogP contribution in [0.15, 0.2) is 11.6 Å². The Bertz CT molecular complexity index is 690. The molecule has 0 bridgehead atoms. The maximum absolute atomic E-state index is 11.3. The van der Waals surface area contributed by atoms with Crippen LogP contribution < -0.4 is 5.32 Å². The number of carbonyl (C=O) groups is 1. The number of fused-ring (bicyclic) bond motifs is 5. The van der Waals surface area contributed by atoms with Crippen molar-refractivity contribution in [2.45, 2.75) is 91.1 Å². The van der Waals surface area contributed by atoms with Crippen LogP contribution in [0.2, 0.25) is 0 Å². The fourth-order valence-electron chi connectivity index (χ4n) is 8.55. The number of carbonyl (C=O) groups excluding carboxylic acids is 1.